The van der Waals surface area contributed by atoms with Gasteiger partial charge in [-0.1, -0.05) is 233 Å². The summed E-state index contributed by atoms with van der Waals surface area (Å²) in [5.74, 6) is 1.91. The van der Waals surface area contributed by atoms with E-state index in [4.69, 9.17) is 0 Å². The minimum absolute atomic E-state index is 0.954. The molecule has 0 N–H and O–H groups in total. The van der Waals surface area contributed by atoms with E-state index in [1.807, 2.05) is 0 Å². The van der Waals surface area contributed by atoms with Gasteiger partial charge in [0.2, 0.25) is 0 Å². The molecule has 0 aliphatic heterocycles. The molecule has 0 saturated heterocycles. The predicted molar refractivity (Wildman–Crippen MR) is 177 cm³/mol. The zero-order chi connectivity index (χ0) is 27.8. The zero-order valence-corrected chi connectivity index (χ0v) is 27.8. The van der Waals surface area contributed by atoms with Crippen LogP contribution < -0.4 is 0 Å². The van der Waals surface area contributed by atoms with Gasteiger partial charge in [-0.15, -0.1) is 0 Å². The lowest BCUT2D eigenvalue weighted by atomic mass is 9.92. The van der Waals surface area contributed by atoms with Crippen molar-refractivity contribution >= 4 is 0 Å². The van der Waals surface area contributed by atoms with Crippen molar-refractivity contribution in [2.75, 3.05) is 0 Å². The molecule has 0 amide bonds. The SMILES string of the molecule is CCCCCCCCCCCCCCCCCC(C)CCCC(C)CCCCCCCCCCCCCC. The molecule has 0 rings (SSSR count). The Morgan fingerprint density at radius 2 is 0.421 bits per heavy atom. The predicted octanol–water partition coefficient (Wildman–Crippen LogP) is 14.8. The first kappa shape index (κ1) is 38.0. The fourth-order valence-electron chi connectivity index (χ4n) is 6.30. The van der Waals surface area contributed by atoms with E-state index >= 15 is 0 Å². The van der Waals surface area contributed by atoms with Gasteiger partial charge in [-0.05, 0) is 11.8 Å². The minimum atomic E-state index is 0.954. The van der Waals surface area contributed by atoms with Gasteiger partial charge in [-0.25, -0.2) is 0 Å². The molecule has 0 fully saturated rings. The summed E-state index contributed by atoms with van der Waals surface area (Å²) in [6, 6.07) is 0. The Bertz CT molecular complexity index is 399. The van der Waals surface area contributed by atoms with Gasteiger partial charge >= 0.3 is 0 Å². The molecule has 0 heterocycles. The van der Waals surface area contributed by atoms with Crippen LogP contribution in [0, 0.1) is 11.8 Å². The monoisotopic (exact) mass is 535 g/mol. The third-order valence-corrected chi connectivity index (χ3v) is 9.24. The molecule has 0 heteroatoms. The number of hydrogen-bond donors (Lipinski definition) is 0. The summed E-state index contributed by atoms with van der Waals surface area (Å²) in [6.07, 6.45) is 47.1. The van der Waals surface area contributed by atoms with Crippen LogP contribution in [0.2, 0.25) is 0 Å². The lowest BCUT2D eigenvalue weighted by Gasteiger charge is -2.14. The summed E-state index contributed by atoms with van der Waals surface area (Å²) in [7, 11) is 0. The van der Waals surface area contributed by atoms with Gasteiger partial charge in [0, 0.05) is 0 Å². The van der Waals surface area contributed by atoms with E-state index in [1.165, 1.54) is 205 Å². The summed E-state index contributed by atoms with van der Waals surface area (Å²) in [5.41, 5.74) is 0. The Balaban J connectivity index is 3.26. The van der Waals surface area contributed by atoms with Crippen LogP contribution in [0.5, 0.6) is 0 Å². The van der Waals surface area contributed by atoms with E-state index in [-0.39, 0.29) is 0 Å². The van der Waals surface area contributed by atoms with Crippen molar-refractivity contribution in [1.82, 2.24) is 0 Å². The molecule has 0 aliphatic carbocycles. The average molecular weight is 535 g/mol. The standard InChI is InChI=1S/C38H78/c1-5-7-9-11-13-15-17-19-20-21-23-25-27-29-31-34-38(4)36-32-35-37(3)33-30-28-26-24-22-18-16-14-12-10-8-6-2/h37-38H,5-36H2,1-4H3. The van der Waals surface area contributed by atoms with Crippen molar-refractivity contribution in [3.05, 3.63) is 0 Å². The van der Waals surface area contributed by atoms with Gasteiger partial charge < -0.3 is 0 Å². The number of rotatable bonds is 33. The van der Waals surface area contributed by atoms with Gasteiger partial charge in [0.25, 0.3) is 0 Å². The maximum Gasteiger partial charge on any atom is -0.0443 e. The fourth-order valence-corrected chi connectivity index (χ4v) is 6.30. The first-order valence-electron chi connectivity index (χ1n) is 18.7. The van der Waals surface area contributed by atoms with Crippen LogP contribution in [0.4, 0.5) is 0 Å². The van der Waals surface area contributed by atoms with Crippen LogP contribution >= 0.6 is 0 Å². The van der Waals surface area contributed by atoms with Gasteiger partial charge in [-0.2, -0.15) is 0 Å². The number of hydrogen-bond acceptors (Lipinski definition) is 0. The highest BCUT2D eigenvalue weighted by Crippen LogP contribution is 2.22. The quantitative estimate of drug-likeness (QED) is 0.0734. The Hall–Kier alpha value is 0. The highest BCUT2D eigenvalue weighted by molar-refractivity contribution is 4.60. The summed E-state index contributed by atoms with van der Waals surface area (Å²) < 4.78 is 0. The maximum atomic E-state index is 2.51. The molecule has 0 aromatic rings. The van der Waals surface area contributed by atoms with Crippen molar-refractivity contribution in [3.8, 4) is 0 Å². The molecule has 0 saturated carbocycles. The van der Waals surface area contributed by atoms with E-state index in [1.54, 1.807) is 0 Å². The smallest absolute Gasteiger partial charge is 0.0443 e. The van der Waals surface area contributed by atoms with Gasteiger partial charge in [0.1, 0.15) is 0 Å². The third-order valence-electron chi connectivity index (χ3n) is 9.24. The minimum Gasteiger partial charge on any atom is -0.0654 e. The van der Waals surface area contributed by atoms with E-state index in [2.05, 4.69) is 27.7 Å². The fraction of sp³-hybridized carbons (Fsp3) is 1.00. The first-order chi connectivity index (χ1) is 18.7. The lowest BCUT2D eigenvalue weighted by molar-refractivity contribution is 0.390. The highest BCUT2D eigenvalue weighted by atomic mass is 14.1. The molecule has 2 unspecified atom stereocenters. The molecule has 0 aromatic carbocycles. The van der Waals surface area contributed by atoms with E-state index in [9.17, 15) is 0 Å². The Kier molecular flexibility index (Phi) is 33.2. The Labute approximate surface area is 244 Å². The van der Waals surface area contributed by atoms with E-state index < -0.39 is 0 Å². The van der Waals surface area contributed by atoms with Crippen molar-refractivity contribution in [1.29, 1.82) is 0 Å². The topological polar surface area (TPSA) is 0 Å². The molecule has 230 valence electrons. The summed E-state index contributed by atoms with van der Waals surface area (Å²) >= 11 is 0. The van der Waals surface area contributed by atoms with Crippen molar-refractivity contribution < 1.29 is 0 Å². The summed E-state index contributed by atoms with van der Waals surface area (Å²) in [4.78, 5) is 0. The Morgan fingerprint density at radius 3 is 0.658 bits per heavy atom. The average Bonchev–Trinajstić information content (AvgIpc) is 2.91. The number of unbranched alkanes of at least 4 members (excludes halogenated alkanes) is 25. The Morgan fingerprint density at radius 1 is 0.237 bits per heavy atom. The third kappa shape index (κ3) is 32.2. The van der Waals surface area contributed by atoms with Crippen LogP contribution in [0.25, 0.3) is 0 Å². The second-order valence-corrected chi connectivity index (χ2v) is 13.6. The lowest BCUT2D eigenvalue weighted by Crippen LogP contribution is -1.99. The molecule has 0 nitrogen and oxygen atoms in total. The van der Waals surface area contributed by atoms with Gasteiger partial charge in [0.05, 0.1) is 0 Å². The molecule has 0 spiro atoms. The van der Waals surface area contributed by atoms with Gasteiger partial charge in [0.15, 0.2) is 0 Å². The van der Waals surface area contributed by atoms with Crippen molar-refractivity contribution in [3.63, 3.8) is 0 Å². The second-order valence-electron chi connectivity index (χ2n) is 13.6. The van der Waals surface area contributed by atoms with E-state index in [0.29, 0.717) is 0 Å². The summed E-state index contributed by atoms with van der Waals surface area (Å²) in [6.45, 7) is 9.64. The molecule has 0 aromatic heterocycles. The molecular weight excluding hydrogens is 456 g/mol. The summed E-state index contributed by atoms with van der Waals surface area (Å²) in [5, 5.41) is 0. The zero-order valence-electron chi connectivity index (χ0n) is 27.8. The molecule has 0 bridgehead atoms. The van der Waals surface area contributed by atoms with Crippen LogP contribution in [0.1, 0.15) is 233 Å². The van der Waals surface area contributed by atoms with Crippen LogP contribution in [0.3, 0.4) is 0 Å². The maximum absolute atomic E-state index is 2.51. The van der Waals surface area contributed by atoms with Crippen LogP contribution in [0.15, 0.2) is 0 Å². The van der Waals surface area contributed by atoms with E-state index in [0.717, 1.165) is 11.8 Å². The molecule has 0 aliphatic rings. The first-order valence-corrected chi connectivity index (χ1v) is 18.7. The van der Waals surface area contributed by atoms with Crippen molar-refractivity contribution in [2.45, 2.75) is 233 Å². The largest absolute Gasteiger partial charge is 0.0654 e. The van der Waals surface area contributed by atoms with Gasteiger partial charge in [-0.3, -0.25) is 0 Å². The molecule has 0 radical (unpaired) electrons. The second kappa shape index (κ2) is 33.2. The normalized spacial score (nSPS) is 13.3. The van der Waals surface area contributed by atoms with Crippen LogP contribution in [-0.4, -0.2) is 0 Å². The van der Waals surface area contributed by atoms with Crippen molar-refractivity contribution in [2.24, 2.45) is 11.8 Å². The highest BCUT2D eigenvalue weighted by Gasteiger charge is 2.06. The van der Waals surface area contributed by atoms with Crippen LogP contribution in [-0.2, 0) is 0 Å². The molecule has 38 heavy (non-hydrogen) atoms. The molecule has 2 atom stereocenters. The molecular formula is C38H78.